The highest BCUT2D eigenvalue weighted by Gasteiger charge is 2.37. The highest BCUT2D eigenvalue weighted by Crippen LogP contribution is 2.23. The molecule has 2 aromatic rings. The van der Waals surface area contributed by atoms with Crippen LogP contribution in [-0.2, 0) is 16.1 Å². The Hall–Kier alpha value is -2.79. The molecule has 1 fully saturated rings. The van der Waals surface area contributed by atoms with Crippen LogP contribution in [-0.4, -0.2) is 105 Å². The van der Waals surface area contributed by atoms with E-state index in [1.54, 1.807) is 0 Å². The molecule has 1 atom stereocenters. The van der Waals surface area contributed by atoms with Crippen LogP contribution in [0.1, 0.15) is 5.56 Å². The van der Waals surface area contributed by atoms with Crippen molar-refractivity contribution in [3.63, 3.8) is 0 Å². The molecule has 0 saturated carbocycles. The quantitative estimate of drug-likeness (QED) is 0.499. The Kier molecular flexibility index (Phi) is 10.0. The fraction of sp³-hybridized carbons (Fsp3) is 0.500. The Morgan fingerprint density at radius 3 is 2.64 bits per heavy atom. The summed E-state index contributed by atoms with van der Waals surface area (Å²) in [6.07, 6.45) is 0. The first-order chi connectivity index (χ1) is 17.2. The van der Waals surface area contributed by atoms with Gasteiger partial charge in [0, 0.05) is 45.9 Å². The van der Waals surface area contributed by atoms with E-state index in [4.69, 9.17) is 14.2 Å². The van der Waals surface area contributed by atoms with Crippen molar-refractivity contribution < 1.29 is 32.9 Å². The number of likely N-dealkylation sites (N-methyl/N-ethyl adjacent to an activating group) is 1. The monoisotopic (exact) mass is 507 g/mol. The molecular formula is C26H35F2N3O5. The van der Waals surface area contributed by atoms with E-state index in [0.29, 0.717) is 26.2 Å². The number of carbonyl (C=O) groups excluding carboxylic acids is 1. The third-order valence-electron chi connectivity index (χ3n) is 5.81. The molecule has 2 aromatic carbocycles. The fourth-order valence-electron chi connectivity index (χ4n) is 4.04. The summed E-state index contributed by atoms with van der Waals surface area (Å²) < 4.78 is 43.7. The smallest absolute Gasteiger partial charge is 0.248 e. The molecule has 8 nitrogen and oxygen atoms in total. The largest absolute Gasteiger partial charge is 0.492 e. The minimum atomic E-state index is -1.50. The van der Waals surface area contributed by atoms with Gasteiger partial charge in [0.25, 0.3) is 0 Å². The normalized spacial score (nSPS) is 18.8. The standard InChI is InChI=1S/C26H35F2N3O5/c1-29(2)11-12-35-22-6-4-5-20(13-22)15-30-9-10-31(25(32)16-34-3)18-26(33,17-30)19-36-24-8-7-21(27)14-23(24)28/h4-8,13-14,33H,9-12,15-19H2,1-3H3/t26-/m0/s1. The zero-order valence-corrected chi connectivity index (χ0v) is 21.1. The van der Waals surface area contributed by atoms with Gasteiger partial charge >= 0.3 is 0 Å². The number of rotatable bonds is 11. The molecule has 1 aliphatic rings. The van der Waals surface area contributed by atoms with Crippen LogP contribution in [0.5, 0.6) is 11.5 Å². The number of halogens is 2. The maximum absolute atomic E-state index is 14.1. The number of carbonyl (C=O) groups is 1. The molecular weight excluding hydrogens is 472 g/mol. The summed E-state index contributed by atoms with van der Waals surface area (Å²) in [6.45, 7) is 2.53. The minimum absolute atomic E-state index is 0.0117. The molecule has 1 N–H and O–H groups in total. The van der Waals surface area contributed by atoms with Gasteiger partial charge in [0.2, 0.25) is 5.91 Å². The van der Waals surface area contributed by atoms with Crippen LogP contribution in [0.2, 0.25) is 0 Å². The van der Waals surface area contributed by atoms with Gasteiger partial charge in [-0.1, -0.05) is 12.1 Å². The second kappa shape index (κ2) is 13.0. The van der Waals surface area contributed by atoms with Crippen molar-refractivity contribution in [3.05, 3.63) is 59.7 Å². The molecule has 0 aromatic heterocycles. The second-order valence-electron chi connectivity index (χ2n) is 9.35. The summed E-state index contributed by atoms with van der Waals surface area (Å²) in [6, 6.07) is 10.7. The van der Waals surface area contributed by atoms with Crippen LogP contribution in [0.3, 0.4) is 0 Å². The Balaban J connectivity index is 1.73. The lowest BCUT2D eigenvalue weighted by atomic mass is 10.0. The van der Waals surface area contributed by atoms with Gasteiger partial charge in [-0.25, -0.2) is 8.78 Å². The van der Waals surface area contributed by atoms with E-state index in [1.807, 2.05) is 48.2 Å². The van der Waals surface area contributed by atoms with Crippen molar-refractivity contribution >= 4 is 5.91 Å². The van der Waals surface area contributed by atoms with Crippen molar-refractivity contribution in [3.8, 4) is 11.5 Å². The molecule has 0 spiro atoms. The first-order valence-corrected chi connectivity index (χ1v) is 11.8. The molecule has 10 heteroatoms. The zero-order chi connectivity index (χ0) is 26.1. The molecule has 1 amide bonds. The zero-order valence-electron chi connectivity index (χ0n) is 21.1. The summed E-state index contributed by atoms with van der Waals surface area (Å²) in [7, 11) is 5.40. The van der Waals surface area contributed by atoms with Crippen molar-refractivity contribution in [1.82, 2.24) is 14.7 Å². The number of methoxy groups -OCH3 is 1. The summed E-state index contributed by atoms with van der Waals surface area (Å²) in [4.78, 5) is 18.2. The number of amides is 1. The van der Waals surface area contributed by atoms with Crippen molar-refractivity contribution in [1.29, 1.82) is 0 Å². The van der Waals surface area contributed by atoms with Crippen molar-refractivity contribution in [2.75, 3.05) is 73.7 Å². The number of hydrogen-bond donors (Lipinski definition) is 1. The van der Waals surface area contributed by atoms with Crippen LogP contribution in [0, 0.1) is 11.6 Å². The summed E-state index contributed by atoms with van der Waals surface area (Å²) in [5.74, 6) is -1.25. The molecule has 1 aliphatic heterocycles. The van der Waals surface area contributed by atoms with Crippen LogP contribution in [0.4, 0.5) is 8.78 Å². The van der Waals surface area contributed by atoms with Crippen LogP contribution in [0.25, 0.3) is 0 Å². The highest BCUT2D eigenvalue weighted by molar-refractivity contribution is 5.77. The van der Waals surface area contributed by atoms with Gasteiger partial charge < -0.3 is 29.1 Å². The van der Waals surface area contributed by atoms with Gasteiger partial charge in [-0.15, -0.1) is 0 Å². The van der Waals surface area contributed by atoms with Crippen LogP contribution in [0.15, 0.2) is 42.5 Å². The van der Waals surface area contributed by atoms with E-state index < -0.39 is 17.2 Å². The Bertz CT molecular complexity index is 1010. The van der Waals surface area contributed by atoms with E-state index in [0.717, 1.165) is 30.0 Å². The average molecular weight is 508 g/mol. The van der Waals surface area contributed by atoms with Gasteiger partial charge in [0.05, 0.1) is 6.54 Å². The van der Waals surface area contributed by atoms with Crippen LogP contribution < -0.4 is 9.47 Å². The molecule has 3 rings (SSSR count). The lowest BCUT2D eigenvalue weighted by molar-refractivity contribution is -0.138. The number of hydrogen-bond acceptors (Lipinski definition) is 7. The molecule has 198 valence electrons. The maximum Gasteiger partial charge on any atom is 0.248 e. The summed E-state index contributed by atoms with van der Waals surface area (Å²) in [5, 5.41) is 11.5. The molecule has 1 heterocycles. The van der Waals surface area contributed by atoms with E-state index in [2.05, 4.69) is 0 Å². The predicted octanol–water partition coefficient (Wildman–Crippen LogP) is 2.01. The number of benzene rings is 2. The first-order valence-electron chi connectivity index (χ1n) is 11.8. The minimum Gasteiger partial charge on any atom is -0.492 e. The van der Waals surface area contributed by atoms with E-state index in [1.165, 1.54) is 18.1 Å². The van der Waals surface area contributed by atoms with Crippen molar-refractivity contribution in [2.45, 2.75) is 12.1 Å². The third-order valence-corrected chi connectivity index (χ3v) is 5.81. The van der Waals surface area contributed by atoms with E-state index in [-0.39, 0.29) is 38.0 Å². The third kappa shape index (κ3) is 8.41. The Labute approximate surface area is 210 Å². The first kappa shape index (κ1) is 27.8. The topological polar surface area (TPSA) is 74.7 Å². The maximum atomic E-state index is 14.1. The van der Waals surface area contributed by atoms with Gasteiger partial charge in [-0.2, -0.15) is 0 Å². The van der Waals surface area contributed by atoms with E-state index >= 15 is 0 Å². The number of ether oxygens (including phenoxy) is 3. The highest BCUT2D eigenvalue weighted by atomic mass is 19.1. The Morgan fingerprint density at radius 1 is 1.11 bits per heavy atom. The summed E-state index contributed by atoms with van der Waals surface area (Å²) in [5.41, 5.74) is -0.512. The molecule has 1 saturated heterocycles. The van der Waals surface area contributed by atoms with Gasteiger partial charge in [0.1, 0.15) is 37.0 Å². The van der Waals surface area contributed by atoms with Gasteiger partial charge in [-0.05, 0) is 43.9 Å². The lowest BCUT2D eigenvalue weighted by Crippen LogP contribution is -2.52. The van der Waals surface area contributed by atoms with Gasteiger partial charge in [-0.3, -0.25) is 9.69 Å². The number of aliphatic hydroxyl groups is 1. The Morgan fingerprint density at radius 2 is 1.92 bits per heavy atom. The fourth-order valence-corrected chi connectivity index (χ4v) is 4.04. The SMILES string of the molecule is COCC(=O)N1CCN(Cc2cccc(OCCN(C)C)c2)C[C@@](O)(COc2ccc(F)cc2F)C1. The number of β-amino-alcohol motifs (C(OH)–C–C–N with tert-alkyl or cyclic N) is 1. The molecule has 0 aliphatic carbocycles. The van der Waals surface area contributed by atoms with Crippen LogP contribution >= 0.6 is 0 Å². The summed E-state index contributed by atoms with van der Waals surface area (Å²) >= 11 is 0. The molecule has 0 bridgehead atoms. The molecule has 0 unspecified atom stereocenters. The predicted molar refractivity (Wildman–Crippen MR) is 131 cm³/mol. The van der Waals surface area contributed by atoms with Gasteiger partial charge in [0.15, 0.2) is 11.6 Å². The lowest BCUT2D eigenvalue weighted by Gasteiger charge is -2.33. The molecule has 36 heavy (non-hydrogen) atoms. The number of nitrogens with zero attached hydrogens (tertiary/aromatic N) is 3. The second-order valence-corrected chi connectivity index (χ2v) is 9.35. The van der Waals surface area contributed by atoms with E-state index in [9.17, 15) is 18.7 Å². The van der Waals surface area contributed by atoms with Crippen molar-refractivity contribution in [2.24, 2.45) is 0 Å². The average Bonchev–Trinajstić information content (AvgIpc) is 2.97. The molecule has 0 radical (unpaired) electrons.